The summed E-state index contributed by atoms with van der Waals surface area (Å²) in [6.07, 6.45) is 6.12. The van der Waals surface area contributed by atoms with Gasteiger partial charge in [0.1, 0.15) is 5.52 Å². The van der Waals surface area contributed by atoms with Crippen LogP contribution in [0, 0.1) is 0 Å². The molecule has 7 nitrogen and oxygen atoms in total. The molecule has 28 heavy (non-hydrogen) atoms. The highest BCUT2D eigenvalue weighted by molar-refractivity contribution is 6.03. The minimum absolute atomic E-state index is 0.400. The Kier molecular flexibility index (Phi) is 5.29. The molecular weight excluding hydrogens is 354 g/mol. The Labute approximate surface area is 166 Å². The lowest BCUT2D eigenvalue weighted by molar-refractivity contribution is 0.0538. The first-order valence-corrected chi connectivity index (χ1v) is 10.3. The third kappa shape index (κ3) is 3.61. The van der Waals surface area contributed by atoms with Gasteiger partial charge in [0, 0.05) is 31.2 Å². The van der Waals surface area contributed by atoms with Crippen molar-refractivity contribution in [3.8, 4) is 0 Å². The molecule has 0 radical (unpaired) electrons. The standard InChI is InChI=1S/C21H31N5O2/c1-24(2)10-11-26(16-12-14-6-4-7-15(13-16)25(14)3)21-23-19-17(20(22)27)8-5-9-18(19)28-21/h5,8-9,14-16H,4,6-7,10-13H2,1-3H3,(H2,22,27). The Bertz CT molecular complexity index is 834. The first-order valence-electron chi connectivity index (χ1n) is 10.3. The quantitative estimate of drug-likeness (QED) is 0.822. The van der Waals surface area contributed by atoms with Crippen molar-refractivity contribution in [2.45, 2.75) is 50.2 Å². The van der Waals surface area contributed by atoms with E-state index >= 15 is 0 Å². The van der Waals surface area contributed by atoms with E-state index < -0.39 is 5.91 Å². The van der Waals surface area contributed by atoms with Crippen molar-refractivity contribution in [1.82, 2.24) is 14.8 Å². The maximum atomic E-state index is 11.8. The van der Waals surface area contributed by atoms with Crippen molar-refractivity contribution in [3.05, 3.63) is 23.8 Å². The molecule has 7 heteroatoms. The Morgan fingerprint density at radius 2 is 1.96 bits per heavy atom. The summed E-state index contributed by atoms with van der Waals surface area (Å²) < 4.78 is 6.13. The summed E-state index contributed by atoms with van der Waals surface area (Å²) in [5.41, 5.74) is 7.14. The molecule has 2 saturated heterocycles. The number of carbonyl (C=O) groups is 1. The van der Waals surface area contributed by atoms with Crippen molar-refractivity contribution >= 4 is 23.0 Å². The third-order valence-corrected chi connectivity index (χ3v) is 6.46. The minimum Gasteiger partial charge on any atom is -0.423 e. The van der Waals surface area contributed by atoms with E-state index in [2.05, 4.69) is 35.8 Å². The number of primary amides is 1. The van der Waals surface area contributed by atoms with Gasteiger partial charge >= 0.3 is 0 Å². The van der Waals surface area contributed by atoms with Crippen molar-refractivity contribution < 1.29 is 9.21 Å². The molecule has 2 N–H and O–H groups in total. The van der Waals surface area contributed by atoms with E-state index in [9.17, 15) is 4.79 Å². The number of oxazole rings is 1. The summed E-state index contributed by atoms with van der Waals surface area (Å²) in [4.78, 5) is 23.6. The summed E-state index contributed by atoms with van der Waals surface area (Å²) in [7, 11) is 6.44. The zero-order valence-electron chi connectivity index (χ0n) is 17.1. The fourth-order valence-electron chi connectivity index (χ4n) is 4.84. The van der Waals surface area contributed by atoms with Crippen LogP contribution in [0.1, 0.15) is 42.5 Å². The Morgan fingerprint density at radius 1 is 1.25 bits per heavy atom. The summed E-state index contributed by atoms with van der Waals surface area (Å²) >= 11 is 0. The molecule has 1 aromatic heterocycles. The second-order valence-corrected chi connectivity index (χ2v) is 8.54. The summed E-state index contributed by atoms with van der Waals surface area (Å²) in [5.74, 6) is -0.473. The van der Waals surface area contributed by atoms with Crippen LogP contribution in [-0.2, 0) is 0 Å². The molecular formula is C21H31N5O2. The number of amides is 1. The molecule has 2 aliphatic heterocycles. The number of rotatable bonds is 6. The van der Waals surface area contributed by atoms with Crippen molar-refractivity contribution in [2.24, 2.45) is 5.73 Å². The minimum atomic E-state index is -0.473. The number of anilines is 1. The average Bonchev–Trinajstić information content (AvgIpc) is 3.05. The number of para-hydroxylation sites is 1. The van der Waals surface area contributed by atoms with E-state index in [1.54, 1.807) is 12.1 Å². The predicted octanol–water partition coefficient (Wildman–Crippen LogP) is 2.31. The number of aromatic nitrogens is 1. The van der Waals surface area contributed by atoms with E-state index in [1.807, 2.05) is 6.07 Å². The summed E-state index contributed by atoms with van der Waals surface area (Å²) in [5, 5.41) is 0. The zero-order chi connectivity index (χ0) is 19.8. The Balaban J connectivity index is 1.67. The van der Waals surface area contributed by atoms with Crippen LogP contribution in [-0.4, -0.2) is 73.0 Å². The molecule has 3 heterocycles. The van der Waals surface area contributed by atoms with Gasteiger partial charge in [-0.3, -0.25) is 4.79 Å². The maximum absolute atomic E-state index is 11.8. The maximum Gasteiger partial charge on any atom is 0.298 e. The van der Waals surface area contributed by atoms with Crippen LogP contribution in [0.5, 0.6) is 0 Å². The van der Waals surface area contributed by atoms with Crippen LogP contribution in [0.3, 0.4) is 0 Å². The monoisotopic (exact) mass is 385 g/mol. The number of hydrogen-bond acceptors (Lipinski definition) is 6. The van der Waals surface area contributed by atoms with Gasteiger partial charge < -0.3 is 24.9 Å². The third-order valence-electron chi connectivity index (χ3n) is 6.46. The lowest BCUT2D eigenvalue weighted by Gasteiger charge is -2.49. The van der Waals surface area contributed by atoms with Crippen LogP contribution in [0.15, 0.2) is 22.6 Å². The largest absolute Gasteiger partial charge is 0.423 e. The van der Waals surface area contributed by atoms with Gasteiger partial charge in [-0.2, -0.15) is 4.98 Å². The second kappa shape index (κ2) is 7.72. The molecule has 0 aliphatic carbocycles. The molecule has 0 spiro atoms. The SMILES string of the molecule is CN(C)CCN(c1nc2c(C(N)=O)cccc2o1)C1CC2CCCC(C1)N2C. The first kappa shape index (κ1) is 19.2. The van der Waals surface area contributed by atoms with E-state index in [-0.39, 0.29) is 0 Å². The molecule has 0 saturated carbocycles. The van der Waals surface area contributed by atoms with Crippen molar-refractivity contribution in [1.29, 1.82) is 0 Å². The van der Waals surface area contributed by atoms with Gasteiger partial charge in [-0.25, -0.2) is 0 Å². The fraction of sp³-hybridized carbons (Fsp3) is 0.619. The van der Waals surface area contributed by atoms with Gasteiger partial charge in [-0.1, -0.05) is 12.5 Å². The summed E-state index contributed by atoms with van der Waals surface area (Å²) in [6, 6.07) is 7.62. The molecule has 152 valence electrons. The molecule has 2 unspecified atom stereocenters. The Morgan fingerprint density at radius 3 is 2.61 bits per heavy atom. The zero-order valence-corrected chi connectivity index (χ0v) is 17.1. The summed E-state index contributed by atoms with van der Waals surface area (Å²) in [6.45, 7) is 1.77. The molecule has 4 rings (SSSR count). The van der Waals surface area contributed by atoms with Gasteiger partial charge in [0.15, 0.2) is 5.58 Å². The number of hydrogen-bond donors (Lipinski definition) is 1. The van der Waals surface area contributed by atoms with Crippen LogP contribution >= 0.6 is 0 Å². The number of nitrogens with zero attached hydrogens (tertiary/aromatic N) is 4. The second-order valence-electron chi connectivity index (χ2n) is 8.54. The van der Waals surface area contributed by atoms with Crippen LogP contribution in [0.4, 0.5) is 6.01 Å². The highest BCUT2D eigenvalue weighted by Crippen LogP contribution is 2.37. The van der Waals surface area contributed by atoms with Crippen LogP contribution in [0.25, 0.3) is 11.1 Å². The number of likely N-dealkylation sites (N-methyl/N-ethyl adjacent to an activating group) is 1. The lowest BCUT2D eigenvalue weighted by atomic mass is 9.81. The van der Waals surface area contributed by atoms with Crippen molar-refractivity contribution in [2.75, 3.05) is 39.1 Å². The smallest absolute Gasteiger partial charge is 0.298 e. The average molecular weight is 386 g/mol. The number of piperidine rings is 2. The predicted molar refractivity (Wildman–Crippen MR) is 111 cm³/mol. The molecule has 1 aromatic carbocycles. The van der Waals surface area contributed by atoms with Crippen LogP contribution in [0.2, 0.25) is 0 Å². The fourth-order valence-corrected chi connectivity index (χ4v) is 4.84. The number of fused-ring (bicyclic) bond motifs is 3. The molecule has 2 aromatic rings. The van der Waals surface area contributed by atoms with E-state index in [0.29, 0.717) is 40.8 Å². The van der Waals surface area contributed by atoms with E-state index in [4.69, 9.17) is 15.1 Å². The van der Waals surface area contributed by atoms with Gasteiger partial charge in [-0.15, -0.1) is 0 Å². The molecule has 2 aliphatic rings. The first-order chi connectivity index (χ1) is 13.4. The van der Waals surface area contributed by atoms with Gasteiger partial charge in [0.2, 0.25) is 0 Å². The lowest BCUT2D eigenvalue weighted by Crippen LogP contribution is -2.56. The highest BCUT2D eigenvalue weighted by Gasteiger charge is 2.39. The van der Waals surface area contributed by atoms with E-state index in [1.165, 1.54) is 19.3 Å². The molecule has 1 amide bonds. The number of benzene rings is 1. The van der Waals surface area contributed by atoms with Gasteiger partial charge in [0.25, 0.3) is 11.9 Å². The molecule has 2 fully saturated rings. The number of nitrogens with two attached hydrogens (primary N) is 1. The van der Waals surface area contributed by atoms with Crippen LogP contribution < -0.4 is 10.6 Å². The Hall–Kier alpha value is -2.12. The van der Waals surface area contributed by atoms with E-state index in [0.717, 1.165) is 25.9 Å². The number of carbonyl (C=O) groups excluding carboxylic acids is 1. The van der Waals surface area contributed by atoms with Gasteiger partial charge in [-0.05, 0) is 59.0 Å². The highest BCUT2D eigenvalue weighted by atomic mass is 16.4. The molecule has 2 atom stereocenters. The topological polar surface area (TPSA) is 78.8 Å². The normalized spacial score (nSPS) is 25.4. The van der Waals surface area contributed by atoms with Crippen molar-refractivity contribution in [3.63, 3.8) is 0 Å². The van der Waals surface area contributed by atoms with Gasteiger partial charge in [0.05, 0.1) is 5.56 Å². The molecule has 2 bridgehead atoms.